The molecule has 0 bridgehead atoms. The first-order valence-electron chi connectivity index (χ1n) is 13.4. The van der Waals surface area contributed by atoms with Gasteiger partial charge in [0, 0.05) is 24.9 Å². The number of hydrogen-bond donors (Lipinski definition) is 11. The molecule has 6 amide bonds. The summed E-state index contributed by atoms with van der Waals surface area (Å²) in [6, 6.07) is -6.06. The first kappa shape index (κ1) is 36.8. The van der Waals surface area contributed by atoms with E-state index in [0.717, 1.165) is 0 Å². The lowest BCUT2D eigenvalue weighted by Crippen LogP contribution is -2.57. The number of aromatic amines is 1. The standard InChI is InChI=1S/C24H40N12O8/c1-11(25)19(39)36-15(6-13-8-29-10-32-13)22(42)33-12(2)20(40)35-14(4-3-5-30-24(27)28)21(41)31-9-18(38)34-16(23(43)44)7-17(26)37/h8,10-12,14-16H,3-7,9,25H2,1-2H3,(H2,26,37)(H,29,32)(H,31,41)(H,33,42)(H,34,38)(H,35,40)(H,36,39)(H,43,44)(H4,27,28,30)/t11-,12-,14-,15-,16-/m0/s1. The highest BCUT2D eigenvalue weighted by atomic mass is 16.4. The molecule has 1 aromatic heterocycles. The van der Waals surface area contributed by atoms with Crippen LogP contribution in [0, 0.1) is 0 Å². The number of aliphatic carboxylic acids is 1. The summed E-state index contributed by atoms with van der Waals surface area (Å²) in [6.45, 7) is 2.20. The minimum absolute atomic E-state index is 0.00294. The summed E-state index contributed by atoms with van der Waals surface area (Å²) in [5, 5.41) is 20.9. The Morgan fingerprint density at radius 3 is 2.11 bits per heavy atom. The van der Waals surface area contributed by atoms with E-state index in [-0.39, 0.29) is 31.8 Å². The molecule has 15 N–H and O–H groups in total. The van der Waals surface area contributed by atoms with Gasteiger partial charge in [0.15, 0.2) is 5.96 Å². The van der Waals surface area contributed by atoms with Gasteiger partial charge in [0.2, 0.25) is 35.4 Å². The summed E-state index contributed by atoms with van der Waals surface area (Å²) in [5.74, 6) is -6.51. The van der Waals surface area contributed by atoms with Crippen molar-refractivity contribution in [2.75, 3.05) is 13.1 Å². The number of carbonyl (C=O) groups is 7. The molecule has 44 heavy (non-hydrogen) atoms. The molecule has 1 heterocycles. The van der Waals surface area contributed by atoms with Gasteiger partial charge in [-0.05, 0) is 26.7 Å². The summed E-state index contributed by atoms with van der Waals surface area (Å²) in [6.07, 6.45) is 2.42. The molecule has 20 heteroatoms. The fourth-order valence-electron chi connectivity index (χ4n) is 3.51. The average molecular weight is 625 g/mol. The lowest BCUT2D eigenvalue weighted by molar-refractivity contribution is -0.143. The summed E-state index contributed by atoms with van der Waals surface area (Å²) in [5.41, 5.74) is 21.7. The van der Waals surface area contributed by atoms with Crippen LogP contribution in [-0.4, -0.2) is 106 Å². The molecular formula is C24H40N12O8. The van der Waals surface area contributed by atoms with Gasteiger partial charge >= 0.3 is 5.97 Å². The van der Waals surface area contributed by atoms with E-state index in [2.05, 4.69) is 41.5 Å². The number of guanidine groups is 1. The minimum Gasteiger partial charge on any atom is -0.480 e. The second kappa shape index (κ2) is 18.3. The molecule has 0 aliphatic heterocycles. The van der Waals surface area contributed by atoms with Gasteiger partial charge in [0.1, 0.15) is 24.2 Å². The third-order valence-electron chi connectivity index (χ3n) is 5.82. The maximum absolute atomic E-state index is 13.0. The van der Waals surface area contributed by atoms with Crippen LogP contribution >= 0.6 is 0 Å². The molecule has 0 aromatic carbocycles. The number of carboxylic acid groups (broad SMARTS) is 1. The second-order valence-electron chi connectivity index (χ2n) is 9.72. The van der Waals surface area contributed by atoms with E-state index in [1.165, 1.54) is 26.4 Å². The van der Waals surface area contributed by atoms with E-state index in [1.807, 2.05) is 0 Å². The molecule has 1 rings (SSSR count). The van der Waals surface area contributed by atoms with Crippen molar-refractivity contribution in [3.05, 3.63) is 18.2 Å². The van der Waals surface area contributed by atoms with Crippen LogP contribution in [0.1, 0.15) is 38.8 Å². The van der Waals surface area contributed by atoms with Gasteiger partial charge in [-0.2, -0.15) is 0 Å². The van der Waals surface area contributed by atoms with Gasteiger partial charge in [0.05, 0.1) is 25.3 Å². The van der Waals surface area contributed by atoms with E-state index in [9.17, 15) is 33.6 Å². The van der Waals surface area contributed by atoms with Gasteiger partial charge in [-0.15, -0.1) is 0 Å². The summed E-state index contributed by atoms with van der Waals surface area (Å²) < 4.78 is 0. The molecule has 20 nitrogen and oxygen atoms in total. The van der Waals surface area contributed by atoms with Crippen molar-refractivity contribution < 1.29 is 38.7 Å². The number of hydrogen-bond acceptors (Lipinski definition) is 10. The van der Waals surface area contributed by atoms with E-state index >= 15 is 0 Å². The maximum atomic E-state index is 13.0. The van der Waals surface area contributed by atoms with Crippen molar-refractivity contribution in [3.63, 3.8) is 0 Å². The molecule has 0 saturated heterocycles. The monoisotopic (exact) mass is 624 g/mol. The van der Waals surface area contributed by atoms with Crippen LogP contribution in [0.2, 0.25) is 0 Å². The Hall–Kier alpha value is -5.27. The third-order valence-corrected chi connectivity index (χ3v) is 5.82. The number of nitrogens with zero attached hydrogens (tertiary/aromatic N) is 2. The highest BCUT2D eigenvalue weighted by Gasteiger charge is 2.29. The zero-order valence-corrected chi connectivity index (χ0v) is 24.3. The van der Waals surface area contributed by atoms with Crippen LogP contribution in [0.25, 0.3) is 0 Å². The quantitative estimate of drug-likeness (QED) is 0.0390. The number of primary amides is 1. The number of nitrogens with one attached hydrogen (secondary N) is 6. The van der Waals surface area contributed by atoms with Crippen LogP contribution in [0.5, 0.6) is 0 Å². The molecule has 0 spiro atoms. The topological polar surface area (TPSA) is 345 Å². The zero-order valence-electron chi connectivity index (χ0n) is 24.3. The SMILES string of the molecule is C[C@H](N)C(=O)N[C@@H](Cc1cnc[nH]1)C(=O)N[C@@H](C)C(=O)N[C@@H](CCCN=C(N)N)C(=O)NCC(=O)N[C@@H](CC(N)=O)C(=O)O. The van der Waals surface area contributed by atoms with Gasteiger partial charge in [-0.1, -0.05) is 0 Å². The number of carbonyl (C=O) groups excluding carboxylic acids is 6. The Morgan fingerprint density at radius 2 is 1.57 bits per heavy atom. The number of amides is 6. The van der Waals surface area contributed by atoms with Crippen LogP contribution < -0.4 is 49.5 Å². The van der Waals surface area contributed by atoms with E-state index in [0.29, 0.717) is 5.69 Å². The minimum atomic E-state index is -1.61. The van der Waals surface area contributed by atoms with Crippen molar-refractivity contribution in [2.24, 2.45) is 27.9 Å². The number of nitrogens with two attached hydrogens (primary N) is 4. The fraction of sp³-hybridized carbons (Fsp3) is 0.542. The number of imidazole rings is 1. The highest BCUT2D eigenvalue weighted by Crippen LogP contribution is 2.03. The third kappa shape index (κ3) is 14.1. The van der Waals surface area contributed by atoms with Crippen molar-refractivity contribution in [3.8, 4) is 0 Å². The molecule has 0 radical (unpaired) electrons. The Kier molecular flexibility index (Phi) is 15.3. The number of H-pyrrole nitrogens is 1. The number of rotatable bonds is 19. The average Bonchev–Trinajstić information content (AvgIpc) is 3.45. The first-order valence-corrected chi connectivity index (χ1v) is 13.4. The van der Waals surface area contributed by atoms with Crippen LogP contribution in [0.4, 0.5) is 0 Å². The Balaban J connectivity index is 2.91. The fourth-order valence-corrected chi connectivity index (χ4v) is 3.51. The molecule has 0 unspecified atom stereocenters. The first-order chi connectivity index (χ1) is 20.6. The smallest absolute Gasteiger partial charge is 0.326 e. The molecule has 0 saturated carbocycles. The molecular weight excluding hydrogens is 584 g/mol. The summed E-state index contributed by atoms with van der Waals surface area (Å²) >= 11 is 0. The van der Waals surface area contributed by atoms with Crippen LogP contribution in [0.15, 0.2) is 17.5 Å². The van der Waals surface area contributed by atoms with E-state index in [1.54, 1.807) is 0 Å². The van der Waals surface area contributed by atoms with Gasteiger partial charge in [-0.25, -0.2) is 9.78 Å². The van der Waals surface area contributed by atoms with Crippen molar-refractivity contribution in [1.29, 1.82) is 0 Å². The lowest BCUT2D eigenvalue weighted by atomic mass is 10.1. The van der Waals surface area contributed by atoms with Gasteiger partial charge in [-0.3, -0.25) is 33.8 Å². The Bertz CT molecular complexity index is 1200. The molecule has 0 fully saturated rings. The van der Waals surface area contributed by atoms with Crippen molar-refractivity contribution in [2.45, 2.75) is 69.7 Å². The van der Waals surface area contributed by atoms with Crippen LogP contribution in [-0.2, 0) is 40.0 Å². The number of carboxylic acids is 1. The molecule has 0 aliphatic rings. The normalized spacial score (nSPS) is 14.0. The molecule has 244 valence electrons. The second-order valence-corrected chi connectivity index (χ2v) is 9.72. The Labute approximate surface area is 251 Å². The molecule has 1 aromatic rings. The number of aromatic nitrogens is 2. The predicted octanol–water partition coefficient (Wildman–Crippen LogP) is -5.61. The van der Waals surface area contributed by atoms with Crippen LogP contribution in [0.3, 0.4) is 0 Å². The number of aliphatic imine (C=N–C) groups is 1. The van der Waals surface area contributed by atoms with Gasteiger partial charge < -0.3 is 59.6 Å². The summed E-state index contributed by atoms with van der Waals surface area (Å²) in [7, 11) is 0. The highest BCUT2D eigenvalue weighted by molar-refractivity contribution is 5.95. The maximum Gasteiger partial charge on any atom is 0.326 e. The van der Waals surface area contributed by atoms with Gasteiger partial charge in [0.25, 0.3) is 0 Å². The van der Waals surface area contributed by atoms with Crippen molar-refractivity contribution >= 4 is 47.4 Å². The lowest BCUT2D eigenvalue weighted by Gasteiger charge is -2.24. The Morgan fingerprint density at radius 1 is 0.909 bits per heavy atom. The van der Waals surface area contributed by atoms with Crippen molar-refractivity contribution in [1.82, 2.24) is 36.6 Å². The van der Waals surface area contributed by atoms with E-state index in [4.69, 9.17) is 28.0 Å². The zero-order chi connectivity index (χ0) is 33.4. The predicted molar refractivity (Wildman–Crippen MR) is 154 cm³/mol. The largest absolute Gasteiger partial charge is 0.480 e. The van der Waals surface area contributed by atoms with E-state index < -0.39 is 84.6 Å². The molecule has 0 aliphatic carbocycles. The summed E-state index contributed by atoms with van der Waals surface area (Å²) in [4.78, 5) is 96.0. The molecule has 5 atom stereocenters.